The molecule has 2 aromatic rings. The number of benzene rings is 1. The summed E-state index contributed by atoms with van der Waals surface area (Å²) in [4.78, 5) is 4.27. The second kappa shape index (κ2) is 4.44. The fourth-order valence-corrected chi connectivity index (χ4v) is 2.16. The summed E-state index contributed by atoms with van der Waals surface area (Å²) >= 11 is 3.12. The van der Waals surface area contributed by atoms with Crippen LogP contribution in [-0.4, -0.2) is 10.1 Å². The van der Waals surface area contributed by atoms with E-state index in [0.29, 0.717) is 27.7 Å². The summed E-state index contributed by atoms with van der Waals surface area (Å²) in [6.45, 7) is 0. The van der Waals surface area contributed by atoms with Crippen LogP contribution in [0.3, 0.4) is 0 Å². The van der Waals surface area contributed by atoms with E-state index in [1.54, 1.807) is 12.1 Å². The molecule has 1 aliphatic carbocycles. The Morgan fingerprint density at radius 1 is 1.44 bits per heavy atom. The van der Waals surface area contributed by atoms with Gasteiger partial charge in [-0.05, 0) is 52.9 Å². The number of nitrogens with two attached hydrogens (primary N) is 1. The molecule has 18 heavy (non-hydrogen) atoms. The molecule has 6 heteroatoms. The van der Waals surface area contributed by atoms with Crippen LogP contribution in [-0.2, 0) is 0 Å². The molecule has 4 nitrogen and oxygen atoms in total. The number of nitrogens with zero attached hydrogens (tertiary/aromatic N) is 2. The highest BCUT2D eigenvalue weighted by Gasteiger charge is 2.32. The first-order valence-corrected chi connectivity index (χ1v) is 6.49. The third kappa shape index (κ3) is 2.18. The van der Waals surface area contributed by atoms with E-state index >= 15 is 0 Å². The maximum atomic E-state index is 13.1. The van der Waals surface area contributed by atoms with Gasteiger partial charge in [-0.3, -0.25) is 0 Å². The molecule has 1 atom stereocenters. The average molecular weight is 312 g/mol. The van der Waals surface area contributed by atoms with Crippen LogP contribution in [0.2, 0.25) is 0 Å². The summed E-state index contributed by atoms with van der Waals surface area (Å²) in [7, 11) is 0. The minimum absolute atomic E-state index is 0.161. The molecule has 1 aromatic heterocycles. The van der Waals surface area contributed by atoms with Gasteiger partial charge in [-0.25, -0.2) is 4.39 Å². The summed E-state index contributed by atoms with van der Waals surface area (Å²) in [5.41, 5.74) is 6.66. The van der Waals surface area contributed by atoms with Gasteiger partial charge >= 0.3 is 0 Å². The molecule has 1 saturated carbocycles. The van der Waals surface area contributed by atoms with Crippen molar-refractivity contribution in [2.45, 2.75) is 18.9 Å². The van der Waals surface area contributed by atoms with Crippen molar-refractivity contribution in [1.29, 1.82) is 0 Å². The van der Waals surface area contributed by atoms with Crippen molar-refractivity contribution in [2.24, 2.45) is 11.7 Å². The molecule has 0 saturated heterocycles. The Bertz CT molecular complexity index is 582. The summed E-state index contributed by atoms with van der Waals surface area (Å²) < 4.78 is 18.7. The number of rotatable bonds is 3. The number of aromatic nitrogens is 2. The zero-order valence-electron chi connectivity index (χ0n) is 9.44. The minimum atomic E-state index is -0.326. The van der Waals surface area contributed by atoms with Crippen molar-refractivity contribution in [1.82, 2.24) is 10.1 Å². The van der Waals surface area contributed by atoms with Crippen molar-refractivity contribution < 1.29 is 8.91 Å². The third-order valence-electron chi connectivity index (χ3n) is 3.04. The topological polar surface area (TPSA) is 64.9 Å². The molecule has 0 amide bonds. The summed E-state index contributed by atoms with van der Waals surface area (Å²) in [6, 6.07) is 4.39. The van der Waals surface area contributed by atoms with E-state index in [9.17, 15) is 4.39 Å². The number of hydrogen-bond donors (Lipinski definition) is 1. The van der Waals surface area contributed by atoms with Gasteiger partial charge in [0.05, 0.1) is 10.5 Å². The van der Waals surface area contributed by atoms with Crippen LogP contribution in [0.4, 0.5) is 4.39 Å². The lowest BCUT2D eigenvalue weighted by molar-refractivity contribution is 0.411. The Morgan fingerprint density at radius 3 is 2.89 bits per heavy atom. The van der Waals surface area contributed by atoms with Crippen molar-refractivity contribution in [2.75, 3.05) is 0 Å². The lowest BCUT2D eigenvalue weighted by Gasteiger charge is -2.01. The Morgan fingerprint density at radius 2 is 2.22 bits per heavy atom. The standard InChI is InChI=1S/C12H11BrFN3O/c13-8-5-7(3-4-9(8)14)12-16-11(17-18-12)10(15)6-1-2-6/h3-6,10H,1-2,15H2. The Balaban J connectivity index is 1.89. The highest BCUT2D eigenvalue weighted by Crippen LogP contribution is 2.38. The zero-order valence-corrected chi connectivity index (χ0v) is 11.0. The van der Waals surface area contributed by atoms with E-state index in [2.05, 4.69) is 26.1 Å². The largest absolute Gasteiger partial charge is 0.334 e. The summed E-state index contributed by atoms with van der Waals surface area (Å²) in [5.74, 6) is 1.03. The molecule has 0 aliphatic heterocycles. The lowest BCUT2D eigenvalue weighted by atomic mass is 10.2. The van der Waals surface area contributed by atoms with Gasteiger partial charge in [0.25, 0.3) is 5.89 Å². The highest BCUT2D eigenvalue weighted by molar-refractivity contribution is 9.10. The molecule has 0 radical (unpaired) electrons. The van der Waals surface area contributed by atoms with Crippen LogP contribution in [0.25, 0.3) is 11.5 Å². The average Bonchev–Trinajstić information content (AvgIpc) is 3.09. The van der Waals surface area contributed by atoms with Gasteiger partial charge in [-0.1, -0.05) is 5.16 Å². The quantitative estimate of drug-likeness (QED) is 0.946. The van der Waals surface area contributed by atoms with E-state index < -0.39 is 0 Å². The monoisotopic (exact) mass is 311 g/mol. The van der Waals surface area contributed by atoms with Gasteiger partial charge in [-0.2, -0.15) is 4.98 Å². The van der Waals surface area contributed by atoms with Crippen molar-refractivity contribution in [3.8, 4) is 11.5 Å². The predicted octanol–water partition coefficient (Wildman–Crippen LogP) is 3.05. The normalized spacial score (nSPS) is 16.8. The molecule has 94 valence electrons. The molecule has 1 aromatic carbocycles. The second-order valence-electron chi connectivity index (χ2n) is 4.45. The molecule has 0 bridgehead atoms. The Labute approximate surface area is 112 Å². The molecule has 3 rings (SSSR count). The van der Waals surface area contributed by atoms with E-state index in [0.717, 1.165) is 12.8 Å². The molecule has 1 heterocycles. The molecule has 2 N–H and O–H groups in total. The molecule has 1 aliphatic rings. The van der Waals surface area contributed by atoms with Gasteiger partial charge in [0, 0.05) is 5.56 Å². The fourth-order valence-electron chi connectivity index (χ4n) is 1.78. The second-order valence-corrected chi connectivity index (χ2v) is 5.30. The maximum absolute atomic E-state index is 13.1. The maximum Gasteiger partial charge on any atom is 0.258 e. The SMILES string of the molecule is NC(c1noc(-c2ccc(F)c(Br)c2)n1)C1CC1. The van der Waals surface area contributed by atoms with Crippen molar-refractivity contribution >= 4 is 15.9 Å². The molecule has 1 fully saturated rings. The van der Waals surface area contributed by atoms with E-state index in [1.165, 1.54) is 6.07 Å². The molecule has 0 spiro atoms. The van der Waals surface area contributed by atoms with Gasteiger partial charge in [0.2, 0.25) is 0 Å². The van der Waals surface area contributed by atoms with E-state index in [1.807, 2.05) is 0 Å². The highest BCUT2D eigenvalue weighted by atomic mass is 79.9. The van der Waals surface area contributed by atoms with Crippen LogP contribution in [0.15, 0.2) is 27.2 Å². The van der Waals surface area contributed by atoms with Crippen molar-refractivity contribution in [3.63, 3.8) is 0 Å². The Hall–Kier alpha value is -1.27. The van der Waals surface area contributed by atoms with Crippen LogP contribution in [0.5, 0.6) is 0 Å². The van der Waals surface area contributed by atoms with E-state index in [-0.39, 0.29) is 11.9 Å². The smallest absolute Gasteiger partial charge is 0.258 e. The molecule has 1 unspecified atom stereocenters. The van der Waals surface area contributed by atoms with Gasteiger partial charge in [0.15, 0.2) is 5.82 Å². The van der Waals surface area contributed by atoms with Gasteiger partial charge in [0.1, 0.15) is 5.82 Å². The molecular formula is C12H11BrFN3O. The first-order valence-electron chi connectivity index (χ1n) is 5.70. The third-order valence-corrected chi connectivity index (χ3v) is 3.64. The van der Waals surface area contributed by atoms with Crippen LogP contribution < -0.4 is 5.73 Å². The number of halogens is 2. The number of hydrogen-bond acceptors (Lipinski definition) is 4. The Kier molecular flexibility index (Phi) is 2.91. The van der Waals surface area contributed by atoms with Gasteiger partial charge in [-0.15, -0.1) is 0 Å². The lowest BCUT2D eigenvalue weighted by Crippen LogP contribution is -2.13. The summed E-state index contributed by atoms with van der Waals surface area (Å²) in [5, 5.41) is 3.89. The van der Waals surface area contributed by atoms with Gasteiger partial charge < -0.3 is 10.3 Å². The first-order chi connectivity index (χ1) is 8.65. The summed E-state index contributed by atoms with van der Waals surface area (Å²) in [6.07, 6.45) is 2.24. The van der Waals surface area contributed by atoms with Crippen LogP contribution in [0.1, 0.15) is 24.7 Å². The predicted molar refractivity (Wildman–Crippen MR) is 67.0 cm³/mol. The van der Waals surface area contributed by atoms with Crippen molar-refractivity contribution in [3.05, 3.63) is 34.3 Å². The zero-order chi connectivity index (χ0) is 12.7. The fraction of sp³-hybridized carbons (Fsp3) is 0.333. The van der Waals surface area contributed by atoms with Crippen LogP contribution in [0, 0.1) is 11.7 Å². The first kappa shape index (κ1) is 11.8. The molecular weight excluding hydrogens is 301 g/mol. The van der Waals surface area contributed by atoms with Crippen LogP contribution >= 0.6 is 15.9 Å². The van der Waals surface area contributed by atoms with E-state index in [4.69, 9.17) is 10.3 Å². The minimum Gasteiger partial charge on any atom is -0.334 e.